The fourth-order valence-electron chi connectivity index (χ4n) is 1.34. The van der Waals surface area contributed by atoms with E-state index in [1.807, 2.05) is 0 Å². The van der Waals surface area contributed by atoms with Crippen LogP contribution in [0.2, 0.25) is 0 Å². The van der Waals surface area contributed by atoms with Gasteiger partial charge in [-0.3, -0.25) is 0 Å². The SMILES string of the molecule is COCC1COC(CCCCCl)O1. The third-order valence-corrected chi connectivity index (χ3v) is 2.26. The Morgan fingerprint density at radius 3 is 3.00 bits per heavy atom. The minimum absolute atomic E-state index is 0.0385. The standard InChI is InChI=1S/C9H17ClO3/c1-11-6-8-7-12-9(13-8)4-2-3-5-10/h8-9H,2-7H2,1H3. The number of unbranched alkanes of at least 4 members (excludes halogenated alkanes) is 1. The fourth-order valence-corrected chi connectivity index (χ4v) is 1.53. The van der Waals surface area contributed by atoms with Gasteiger partial charge in [0.05, 0.1) is 13.2 Å². The quantitative estimate of drug-likeness (QED) is 0.492. The molecule has 0 spiro atoms. The Hall–Kier alpha value is 0.170. The minimum Gasteiger partial charge on any atom is -0.382 e. The molecular weight excluding hydrogens is 192 g/mol. The molecule has 1 aliphatic heterocycles. The lowest BCUT2D eigenvalue weighted by Gasteiger charge is -2.09. The maximum atomic E-state index is 5.56. The molecule has 0 bridgehead atoms. The molecule has 0 aromatic heterocycles. The largest absolute Gasteiger partial charge is 0.382 e. The van der Waals surface area contributed by atoms with Crippen molar-refractivity contribution in [2.45, 2.75) is 31.7 Å². The van der Waals surface area contributed by atoms with Gasteiger partial charge in [-0.25, -0.2) is 0 Å². The van der Waals surface area contributed by atoms with E-state index >= 15 is 0 Å². The summed E-state index contributed by atoms with van der Waals surface area (Å²) >= 11 is 5.56. The van der Waals surface area contributed by atoms with E-state index in [9.17, 15) is 0 Å². The van der Waals surface area contributed by atoms with Crippen molar-refractivity contribution in [2.75, 3.05) is 26.2 Å². The van der Waals surface area contributed by atoms with E-state index in [0.29, 0.717) is 19.1 Å². The summed E-state index contributed by atoms with van der Waals surface area (Å²) in [5, 5.41) is 0. The molecule has 13 heavy (non-hydrogen) atoms. The molecule has 2 unspecified atom stereocenters. The first-order chi connectivity index (χ1) is 6.36. The van der Waals surface area contributed by atoms with Gasteiger partial charge in [-0.1, -0.05) is 0 Å². The average molecular weight is 209 g/mol. The number of hydrogen-bond acceptors (Lipinski definition) is 3. The topological polar surface area (TPSA) is 27.7 Å². The maximum absolute atomic E-state index is 5.56. The van der Waals surface area contributed by atoms with E-state index in [1.165, 1.54) is 0 Å². The van der Waals surface area contributed by atoms with Crippen molar-refractivity contribution in [3.63, 3.8) is 0 Å². The second-order valence-electron chi connectivity index (χ2n) is 3.16. The molecule has 0 radical (unpaired) electrons. The van der Waals surface area contributed by atoms with Gasteiger partial charge < -0.3 is 14.2 Å². The lowest BCUT2D eigenvalue weighted by molar-refractivity contribution is -0.0726. The normalized spacial score (nSPS) is 28.2. The Kier molecular flexibility index (Phi) is 5.71. The van der Waals surface area contributed by atoms with Gasteiger partial charge in [-0.15, -0.1) is 11.6 Å². The summed E-state index contributed by atoms with van der Waals surface area (Å²) in [6.45, 7) is 1.27. The second-order valence-corrected chi connectivity index (χ2v) is 3.54. The highest BCUT2D eigenvalue weighted by Gasteiger charge is 2.24. The molecule has 78 valence electrons. The maximum Gasteiger partial charge on any atom is 0.158 e. The Balaban J connectivity index is 2.03. The zero-order valence-corrected chi connectivity index (χ0v) is 8.76. The first kappa shape index (κ1) is 11.2. The highest BCUT2D eigenvalue weighted by molar-refractivity contribution is 6.17. The Morgan fingerprint density at radius 2 is 2.31 bits per heavy atom. The molecular formula is C9H17ClO3. The van der Waals surface area contributed by atoms with Crippen LogP contribution < -0.4 is 0 Å². The number of hydrogen-bond donors (Lipinski definition) is 0. The molecule has 1 aliphatic rings. The molecule has 0 N–H and O–H groups in total. The molecule has 0 aliphatic carbocycles. The summed E-state index contributed by atoms with van der Waals surface area (Å²) in [6.07, 6.45) is 3.11. The minimum atomic E-state index is -0.0385. The van der Waals surface area contributed by atoms with Gasteiger partial charge in [0.1, 0.15) is 6.10 Å². The Morgan fingerprint density at radius 1 is 1.46 bits per heavy atom. The number of rotatable bonds is 6. The Labute approximate surface area is 84.3 Å². The van der Waals surface area contributed by atoms with Crippen LogP contribution in [0.3, 0.4) is 0 Å². The molecule has 2 atom stereocenters. The van der Waals surface area contributed by atoms with Gasteiger partial charge in [0.2, 0.25) is 0 Å². The van der Waals surface area contributed by atoms with Crippen molar-refractivity contribution < 1.29 is 14.2 Å². The molecule has 0 aromatic rings. The molecule has 0 aromatic carbocycles. The van der Waals surface area contributed by atoms with Gasteiger partial charge in [0.25, 0.3) is 0 Å². The number of ether oxygens (including phenoxy) is 3. The van der Waals surface area contributed by atoms with E-state index < -0.39 is 0 Å². The summed E-state index contributed by atoms with van der Waals surface area (Å²) in [4.78, 5) is 0. The van der Waals surface area contributed by atoms with E-state index in [0.717, 1.165) is 19.3 Å². The van der Waals surface area contributed by atoms with Gasteiger partial charge >= 0.3 is 0 Å². The molecule has 0 amide bonds. The van der Waals surface area contributed by atoms with Crippen LogP contribution in [0.5, 0.6) is 0 Å². The van der Waals surface area contributed by atoms with E-state index in [-0.39, 0.29) is 12.4 Å². The van der Waals surface area contributed by atoms with Gasteiger partial charge in [0, 0.05) is 13.0 Å². The first-order valence-corrected chi connectivity index (χ1v) is 5.22. The highest BCUT2D eigenvalue weighted by Crippen LogP contribution is 2.17. The predicted molar refractivity (Wildman–Crippen MR) is 51.1 cm³/mol. The summed E-state index contributed by atoms with van der Waals surface area (Å²) in [5.74, 6) is 0.716. The first-order valence-electron chi connectivity index (χ1n) is 4.68. The van der Waals surface area contributed by atoms with Crippen molar-refractivity contribution in [3.8, 4) is 0 Å². The zero-order valence-electron chi connectivity index (χ0n) is 8.00. The molecule has 3 nitrogen and oxygen atoms in total. The monoisotopic (exact) mass is 208 g/mol. The molecule has 1 heterocycles. The summed E-state index contributed by atoms with van der Waals surface area (Å²) in [7, 11) is 1.67. The smallest absolute Gasteiger partial charge is 0.158 e. The molecule has 0 saturated carbocycles. The van der Waals surface area contributed by atoms with Crippen LogP contribution in [-0.2, 0) is 14.2 Å². The van der Waals surface area contributed by atoms with E-state index in [1.54, 1.807) is 7.11 Å². The van der Waals surface area contributed by atoms with Crippen LogP contribution in [0.25, 0.3) is 0 Å². The lowest BCUT2D eigenvalue weighted by atomic mass is 10.2. The van der Waals surface area contributed by atoms with Crippen LogP contribution in [0.1, 0.15) is 19.3 Å². The van der Waals surface area contributed by atoms with Crippen molar-refractivity contribution in [1.82, 2.24) is 0 Å². The Bertz CT molecular complexity index is 132. The zero-order chi connectivity index (χ0) is 9.52. The average Bonchev–Trinajstić information content (AvgIpc) is 2.54. The third-order valence-electron chi connectivity index (χ3n) is 1.99. The number of alkyl halides is 1. The molecule has 1 rings (SSSR count). The second kappa shape index (κ2) is 6.60. The molecule has 1 saturated heterocycles. The van der Waals surface area contributed by atoms with Crippen LogP contribution in [0.4, 0.5) is 0 Å². The molecule has 4 heteroatoms. The van der Waals surface area contributed by atoms with Crippen LogP contribution in [0, 0.1) is 0 Å². The molecule has 1 fully saturated rings. The summed E-state index contributed by atoms with van der Waals surface area (Å²) in [5.41, 5.74) is 0. The van der Waals surface area contributed by atoms with Crippen molar-refractivity contribution in [1.29, 1.82) is 0 Å². The third kappa shape index (κ3) is 4.27. The van der Waals surface area contributed by atoms with Crippen molar-refractivity contribution in [2.24, 2.45) is 0 Å². The van der Waals surface area contributed by atoms with Crippen LogP contribution >= 0.6 is 11.6 Å². The van der Waals surface area contributed by atoms with Crippen molar-refractivity contribution >= 4 is 11.6 Å². The lowest BCUT2D eigenvalue weighted by Crippen LogP contribution is -2.17. The number of methoxy groups -OCH3 is 1. The predicted octanol–water partition coefficient (Wildman–Crippen LogP) is 1.78. The van der Waals surface area contributed by atoms with Crippen LogP contribution in [-0.4, -0.2) is 38.6 Å². The highest BCUT2D eigenvalue weighted by atomic mass is 35.5. The van der Waals surface area contributed by atoms with Crippen LogP contribution in [0.15, 0.2) is 0 Å². The van der Waals surface area contributed by atoms with Gasteiger partial charge in [-0.05, 0) is 19.3 Å². The fraction of sp³-hybridized carbons (Fsp3) is 1.00. The van der Waals surface area contributed by atoms with Crippen molar-refractivity contribution in [3.05, 3.63) is 0 Å². The van der Waals surface area contributed by atoms with Gasteiger partial charge in [0.15, 0.2) is 6.29 Å². The summed E-state index contributed by atoms with van der Waals surface area (Å²) < 4.78 is 16.0. The van der Waals surface area contributed by atoms with Gasteiger partial charge in [-0.2, -0.15) is 0 Å². The number of halogens is 1. The summed E-state index contributed by atoms with van der Waals surface area (Å²) in [6, 6.07) is 0. The van der Waals surface area contributed by atoms with E-state index in [2.05, 4.69) is 0 Å². The van der Waals surface area contributed by atoms with E-state index in [4.69, 9.17) is 25.8 Å².